The lowest BCUT2D eigenvalue weighted by molar-refractivity contribution is 0.330. The first-order chi connectivity index (χ1) is 8.75. The summed E-state index contributed by atoms with van der Waals surface area (Å²) >= 11 is 0. The van der Waals surface area contributed by atoms with Crippen LogP contribution in [0.4, 0.5) is 5.69 Å². The molecule has 0 saturated heterocycles. The van der Waals surface area contributed by atoms with Crippen LogP contribution in [0.15, 0.2) is 48.5 Å². The first-order valence-corrected chi connectivity index (χ1v) is 6.25. The summed E-state index contributed by atoms with van der Waals surface area (Å²) in [6.45, 7) is 5.64. The Morgan fingerprint density at radius 2 is 1.78 bits per heavy atom. The Bertz CT molecular complexity index is 494. The van der Waals surface area contributed by atoms with E-state index in [1.54, 1.807) is 0 Å². The highest BCUT2D eigenvalue weighted by Gasteiger charge is 1.99. The Morgan fingerprint density at radius 3 is 2.50 bits per heavy atom. The fourth-order valence-corrected chi connectivity index (χ4v) is 1.87. The molecule has 2 aromatic carbocycles. The van der Waals surface area contributed by atoms with Crippen LogP contribution in [0.25, 0.3) is 0 Å². The van der Waals surface area contributed by atoms with Gasteiger partial charge in [0.05, 0.1) is 0 Å². The van der Waals surface area contributed by atoms with Crippen LogP contribution in [-0.4, -0.2) is 13.2 Å². The second kappa shape index (κ2) is 6.10. The number of rotatable bonds is 5. The van der Waals surface area contributed by atoms with Gasteiger partial charge in [-0.25, -0.2) is 0 Å². The van der Waals surface area contributed by atoms with Crippen molar-refractivity contribution in [1.29, 1.82) is 0 Å². The van der Waals surface area contributed by atoms with Gasteiger partial charge in [0.1, 0.15) is 12.4 Å². The van der Waals surface area contributed by atoms with Crippen molar-refractivity contribution in [3.63, 3.8) is 0 Å². The lowest BCUT2D eigenvalue weighted by Crippen LogP contribution is -2.11. The molecule has 0 saturated carbocycles. The Morgan fingerprint density at radius 1 is 1.00 bits per heavy atom. The largest absolute Gasteiger partial charge is 0.491 e. The second-order valence-electron chi connectivity index (χ2n) is 4.41. The van der Waals surface area contributed by atoms with Crippen LogP contribution in [0.3, 0.4) is 0 Å². The molecule has 0 fully saturated rings. The summed E-state index contributed by atoms with van der Waals surface area (Å²) in [6, 6.07) is 16.4. The number of hydrogen-bond acceptors (Lipinski definition) is 2. The van der Waals surface area contributed by atoms with Crippen molar-refractivity contribution in [2.45, 2.75) is 13.8 Å². The molecule has 0 aliphatic rings. The number of anilines is 1. The van der Waals surface area contributed by atoms with Gasteiger partial charge in [-0.1, -0.05) is 35.9 Å². The van der Waals surface area contributed by atoms with Gasteiger partial charge >= 0.3 is 0 Å². The minimum absolute atomic E-state index is 0.665. The van der Waals surface area contributed by atoms with Crippen molar-refractivity contribution in [2.75, 3.05) is 18.5 Å². The van der Waals surface area contributed by atoms with Gasteiger partial charge in [0.2, 0.25) is 0 Å². The Balaban J connectivity index is 1.79. The normalized spacial score (nSPS) is 10.1. The molecule has 0 bridgehead atoms. The number of ether oxygens (including phenoxy) is 1. The molecular weight excluding hydrogens is 222 g/mol. The number of nitrogens with one attached hydrogen (secondary N) is 1. The third kappa shape index (κ3) is 3.52. The topological polar surface area (TPSA) is 21.3 Å². The highest BCUT2D eigenvalue weighted by Crippen LogP contribution is 2.18. The predicted octanol–water partition coefficient (Wildman–Crippen LogP) is 3.79. The van der Waals surface area contributed by atoms with Crippen LogP contribution in [0, 0.1) is 13.8 Å². The molecule has 0 spiro atoms. The third-order valence-electron chi connectivity index (χ3n) is 2.79. The average Bonchev–Trinajstić information content (AvgIpc) is 2.38. The van der Waals surface area contributed by atoms with Crippen LogP contribution in [0.5, 0.6) is 5.75 Å². The monoisotopic (exact) mass is 241 g/mol. The zero-order valence-electron chi connectivity index (χ0n) is 10.9. The van der Waals surface area contributed by atoms with E-state index in [-0.39, 0.29) is 0 Å². The van der Waals surface area contributed by atoms with E-state index in [1.165, 1.54) is 11.1 Å². The summed E-state index contributed by atoms with van der Waals surface area (Å²) in [7, 11) is 0. The number of para-hydroxylation sites is 1. The molecule has 18 heavy (non-hydrogen) atoms. The Hall–Kier alpha value is -1.96. The summed E-state index contributed by atoms with van der Waals surface area (Å²) in [5, 5.41) is 3.32. The lowest BCUT2D eigenvalue weighted by atomic mass is 10.1. The fraction of sp³-hybridized carbons (Fsp3) is 0.250. The third-order valence-corrected chi connectivity index (χ3v) is 2.79. The highest BCUT2D eigenvalue weighted by atomic mass is 16.5. The van der Waals surface area contributed by atoms with Crippen LogP contribution in [-0.2, 0) is 0 Å². The van der Waals surface area contributed by atoms with Gasteiger partial charge in [-0.05, 0) is 37.6 Å². The second-order valence-corrected chi connectivity index (χ2v) is 4.41. The van der Waals surface area contributed by atoms with E-state index in [9.17, 15) is 0 Å². The van der Waals surface area contributed by atoms with E-state index in [1.807, 2.05) is 24.3 Å². The number of hydrogen-bond donors (Lipinski definition) is 1. The van der Waals surface area contributed by atoms with Crippen LogP contribution in [0.1, 0.15) is 11.1 Å². The van der Waals surface area contributed by atoms with Gasteiger partial charge in [0.25, 0.3) is 0 Å². The van der Waals surface area contributed by atoms with Crippen molar-refractivity contribution in [1.82, 2.24) is 0 Å². The van der Waals surface area contributed by atoms with E-state index in [0.717, 1.165) is 18.0 Å². The maximum atomic E-state index is 5.75. The molecule has 0 aliphatic carbocycles. The Labute approximate surface area is 109 Å². The SMILES string of the molecule is Cc1ccc(OCCNc2ccccc2)c(C)c1. The molecule has 2 aromatic rings. The van der Waals surface area contributed by atoms with Gasteiger partial charge < -0.3 is 10.1 Å². The van der Waals surface area contributed by atoms with Gasteiger partial charge in [-0.3, -0.25) is 0 Å². The molecule has 0 heterocycles. The molecule has 0 aromatic heterocycles. The maximum absolute atomic E-state index is 5.75. The summed E-state index contributed by atoms with van der Waals surface area (Å²) in [5.41, 5.74) is 3.58. The lowest BCUT2D eigenvalue weighted by Gasteiger charge is -2.11. The summed E-state index contributed by atoms with van der Waals surface area (Å²) in [5.74, 6) is 0.968. The van der Waals surface area contributed by atoms with E-state index in [0.29, 0.717) is 6.61 Å². The van der Waals surface area contributed by atoms with Gasteiger partial charge in [-0.2, -0.15) is 0 Å². The molecule has 0 radical (unpaired) electrons. The molecule has 0 amide bonds. The zero-order chi connectivity index (χ0) is 12.8. The van der Waals surface area contributed by atoms with Crippen LogP contribution < -0.4 is 10.1 Å². The van der Waals surface area contributed by atoms with Gasteiger partial charge in [0, 0.05) is 12.2 Å². The van der Waals surface area contributed by atoms with Crippen molar-refractivity contribution in [2.24, 2.45) is 0 Å². The van der Waals surface area contributed by atoms with Gasteiger partial charge in [-0.15, -0.1) is 0 Å². The molecule has 0 aliphatic heterocycles. The van der Waals surface area contributed by atoms with Crippen LogP contribution >= 0.6 is 0 Å². The van der Waals surface area contributed by atoms with Crippen molar-refractivity contribution < 1.29 is 4.74 Å². The van der Waals surface area contributed by atoms with Crippen molar-refractivity contribution in [3.8, 4) is 5.75 Å². The summed E-state index contributed by atoms with van der Waals surface area (Å²) < 4.78 is 5.75. The number of benzene rings is 2. The standard InChI is InChI=1S/C16H19NO/c1-13-8-9-16(14(2)12-13)18-11-10-17-15-6-4-3-5-7-15/h3-9,12,17H,10-11H2,1-2H3. The van der Waals surface area contributed by atoms with E-state index in [2.05, 4.69) is 43.4 Å². The van der Waals surface area contributed by atoms with Crippen LogP contribution in [0.2, 0.25) is 0 Å². The first-order valence-electron chi connectivity index (χ1n) is 6.25. The molecule has 1 N–H and O–H groups in total. The van der Waals surface area contributed by atoms with Crippen molar-refractivity contribution in [3.05, 3.63) is 59.7 Å². The minimum Gasteiger partial charge on any atom is -0.491 e. The highest BCUT2D eigenvalue weighted by molar-refractivity contribution is 5.42. The van der Waals surface area contributed by atoms with E-state index >= 15 is 0 Å². The number of aryl methyl sites for hydroxylation is 2. The molecule has 0 atom stereocenters. The minimum atomic E-state index is 0.665. The smallest absolute Gasteiger partial charge is 0.122 e. The summed E-state index contributed by atoms with van der Waals surface area (Å²) in [6.07, 6.45) is 0. The average molecular weight is 241 g/mol. The molecule has 2 rings (SSSR count). The zero-order valence-corrected chi connectivity index (χ0v) is 10.9. The van der Waals surface area contributed by atoms with E-state index in [4.69, 9.17) is 4.74 Å². The fourth-order valence-electron chi connectivity index (χ4n) is 1.87. The molecule has 2 heteroatoms. The maximum Gasteiger partial charge on any atom is 0.122 e. The molecule has 94 valence electrons. The van der Waals surface area contributed by atoms with Gasteiger partial charge in [0.15, 0.2) is 0 Å². The molecule has 0 unspecified atom stereocenters. The van der Waals surface area contributed by atoms with E-state index < -0.39 is 0 Å². The van der Waals surface area contributed by atoms with Crippen molar-refractivity contribution >= 4 is 5.69 Å². The predicted molar refractivity (Wildman–Crippen MR) is 76.3 cm³/mol. The quantitative estimate of drug-likeness (QED) is 0.804. The summed E-state index contributed by atoms with van der Waals surface area (Å²) in [4.78, 5) is 0. The molecular formula is C16H19NO. The molecule has 2 nitrogen and oxygen atoms in total. The first kappa shape index (κ1) is 12.5. The Kier molecular flexibility index (Phi) is 4.24.